The van der Waals surface area contributed by atoms with Crippen LogP contribution in [0.15, 0.2) is 0 Å². The van der Waals surface area contributed by atoms with Gasteiger partial charge in [0.2, 0.25) is 5.91 Å². The van der Waals surface area contributed by atoms with Crippen molar-refractivity contribution in [2.75, 3.05) is 13.2 Å². The fourth-order valence-corrected chi connectivity index (χ4v) is 2.84. The molecule has 1 amide bonds. The van der Waals surface area contributed by atoms with Gasteiger partial charge in [-0.3, -0.25) is 4.79 Å². The number of β-amino-alcohol motifs (C(OH)–C–C–N with tert-alkyl or cyclic N) is 1. The van der Waals surface area contributed by atoms with Gasteiger partial charge in [-0.15, -0.1) is 0 Å². The molecule has 0 saturated carbocycles. The van der Waals surface area contributed by atoms with Gasteiger partial charge in [0.1, 0.15) is 6.04 Å². The van der Waals surface area contributed by atoms with Gasteiger partial charge in [0.25, 0.3) is 0 Å². The fraction of sp³-hybridized carbons (Fsp3) is 0.833. The molecule has 0 bridgehead atoms. The van der Waals surface area contributed by atoms with Crippen molar-refractivity contribution in [3.05, 3.63) is 0 Å². The van der Waals surface area contributed by atoms with Crippen molar-refractivity contribution in [3.8, 4) is 0 Å². The highest BCUT2D eigenvalue weighted by atomic mass is 16.5. The van der Waals surface area contributed by atoms with E-state index in [-0.39, 0.29) is 30.9 Å². The third-order valence-electron chi connectivity index (χ3n) is 3.78. The second-order valence-electron chi connectivity index (χ2n) is 4.95. The van der Waals surface area contributed by atoms with E-state index in [2.05, 4.69) is 0 Å². The van der Waals surface area contributed by atoms with Gasteiger partial charge in [0.15, 0.2) is 0 Å². The van der Waals surface area contributed by atoms with Crippen molar-refractivity contribution in [1.29, 1.82) is 0 Å². The predicted molar refractivity (Wildman–Crippen MR) is 61.9 cm³/mol. The van der Waals surface area contributed by atoms with Crippen molar-refractivity contribution >= 4 is 11.9 Å². The maximum absolute atomic E-state index is 12.3. The number of likely N-dealkylation sites (tertiary alicyclic amines) is 1. The van der Waals surface area contributed by atoms with Crippen molar-refractivity contribution in [1.82, 2.24) is 4.90 Å². The van der Waals surface area contributed by atoms with Crippen molar-refractivity contribution in [3.63, 3.8) is 0 Å². The largest absolute Gasteiger partial charge is 0.480 e. The number of carboxylic acids is 1. The van der Waals surface area contributed by atoms with E-state index in [1.807, 2.05) is 6.92 Å². The summed E-state index contributed by atoms with van der Waals surface area (Å²) in [5.74, 6) is -1.50. The standard InChI is InChI=1S/C12H19NO5/c1-2-10-8(3-4-18-10)11(15)13-6-7(14)5-9(13)12(16)17/h7-10,14H,2-6H2,1H3,(H,16,17)/t7-,8?,9-,10?/m0/s1. The number of hydrogen-bond donors (Lipinski definition) is 2. The zero-order valence-corrected chi connectivity index (χ0v) is 10.4. The van der Waals surface area contributed by atoms with Crippen LogP contribution in [-0.4, -0.2) is 58.4 Å². The monoisotopic (exact) mass is 257 g/mol. The summed E-state index contributed by atoms with van der Waals surface area (Å²) in [6.45, 7) is 2.61. The first-order valence-electron chi connectivity index (χ1n) is 6.37. The van der Waals surface area contributed by atoms with E-state index in [0.717, 1.165) is 6.42 Å². The maximum atomic E-state index is 12.3. The second kappa shape index (κ2) is 5.24. The molecule has 0 aromatic carbocycles. The molecule has 6 heteroatoms. The molecule has 0 radical (unpaired) electrons. The number of carbonyl (C=O) groups is 2. The summed E-state index contributed by atoms with van der Waals surface area (Å²) in [6, 6.07) is -0.898. The van der Waals surface area contributed by atoms with E-state index in [0.29, 0.717) is 13.0 Å². The first-order valence-corrected chi connectivity index (χ1v) is 6.37. The minimum atomic E-state index is -1.05. The van der Waals surface area contributed by atoms with Gasteiger partial charge in [-0.2, -0.15) is 0 Å². The highest BCUT2D eigenvalue weighted by Crippen LogP contribution is 2.29. The molecule has 2 N–H and O–H groups in total. The van der Waals surface area contributed by atoms with E-state index in [1.165, 1.54) is 4.90 Å². The summed E-state index contributed by atoms with van der Waals surface area (Å²) in [5, 5.41) is 18.6. The molecular weight excluding hydrogens is 238 g/mol. The van der Waals surface area contributed by atoms with Gasteiger partial charge >= 0.3 is 5.97 Å². The van der Waals surface area contributed by atoms with Gasteiger partial charge in [0, 0.05) is 19.6 Å². The van der Waals surface area contributed by atoms with E-state index >= 15 is 0 Å². The molecule has 2 heterocycles. The number of aliphatic hydroxyl groups excluding tert-OH is 1. The lowest BCUT2D eigenvalue weighted by molar-refractivity contribution is -0.150. The third kappa shape index (κ3) is 2.35. The van der Waals surface area contributed by atoms with Crippen LogP contribution in [0.3, 0.4) is 0 Å². The Morgan fingerprint density at radius 3 is 2.78 bits per heavy atom. The minimum Gasteiger partial charge on any atom is -0.480 e. The van der Waals surface area contributed by atoms with E-state index in [9.17, 15) is 14.7 Å². The zero-order valence-electron chi connectivity index (χ0n) is 10.4. The molecular formula is C12H19NO5. The Morgan fingerprint density at radius 1 is 1.44 bits per heavy atom. The van der Waals surface area contributed by atoms with Gasteiger partial charge in [-0.1, -0.05) is 6.92 Å². The van der Waals surface area contributed by atoms with Crippen LogP contribution in [0, 0.1) is 5.92 Å². The predicted octanol–water partition coefficient (Wildman–Crippen LogP) is -0.152. The van der Waals surface area contributed by atoms with Gasteiger partial charge < -0.3 is 19.8 Å². The molecule has 2 rings (SSSR count). The SMILES string of the molecule is CCC1OCCC1C(=O)N1C[C@@H](O)C[C@H]1C(=O)O. The molecule has 2 aliphatic rings. The van der Waals surface area contributed by atoms with E-state index in [1.54, 1.807) is 0 Å². The van der Waals surface area contributed by atoms with Crippen molar-refractivity contribution in [2.45, 2.75) is 44.4 Å². The lowest BCUT2D eigenvalue weighted by atomic mass is 9.97. The number of aliphatic hydroxyl groups is 1. The first kappa shape index (κ1) is 13.3. The van der Waals surface area contributed by atoms with Crippen LogP contribution in [0.1, 0.15) is 26.2 Å². The minimum absolute atomic E-state index is 0.114. The maximum Gasteiger partial charge on any atom is 0.326 e. The zero-order chi connectivity index (χ0) is 13.3. The third-order valence-corrected chi connectivity index (χ3v) is 3.78. The average Bonchev–Trinajstić information content (AvgIpc) is 2.93. The van der Waals surface area contributed by atoms with E-state index < -0.39 is 18.1 Å². The highest BCUT2D eigenvalue weighted by molar-refractivity contribution is 5.86. The Morgan fingerprint density at radius 2 is 2.17 bits per heavy atom. The van der Waals surface area contributed by atoms with Gasteiger partial charge in [0.05, 0.1) is 18.1 Å². The Kier molecular flexibility index (Phi) is 3.87. The van der Waals surface area contributed by atoms with Gasteiger partial charge in [-0.05, 0) is 12.8 Å². The van der Waals surface area contributed by atoms with Crippen LogP contribution in [0.25, 0.3) is 0 Å². The van der Waals surface area contributed by atoms with Gasteiger partial charge in [-0.25, -0.2) is 4.79 Å². The number of rotatable bonds is 3. The quantitative estimate of drug-likeness (QED) is 0.734. The fourth-order valence-electron chi connectivity index (χ4n) is 2.84. The summed E-state index contributed by atoms with van der Waals surface area (Å²) in [7, 11) is 0. The average molecular weight is 257 g/mol. The highest BCUT2D eigenvalue weighted by Gasteiger charge is 2.44. The molecule has 6 nitrogen and oxygen atoms in total. The normalized spacial score (nSPS) is 36.0. The smallest absolute Gasteiger partial charge is 0.326 e. The lowest BCUT2D eigenvalue weighted by Gasteiger charge is -2.26. The van der Waals surface area contributed by atoms with Crippen LogP contribution in [0.4, 0.5) is 0 Å². The molecule has 0 aliphatic carbocycles. The number of hydrogen-bond acceptors (Lipinski definition) is 4. The molecule has 4 atom stereocenters. The summed E-state index contributed by atoms with van der Waals surface area (Å²) >= 11 is 0. The number of nitrogens with zero attached hydrogens (tertiary/aromatic N) is 1. The molecule has 2 saturated heterocycles. The first-order chi connectivity index (χ1) is 8.54. The van der Waals surface area contributed by atoms with E-state index in [4.69, 9.17) is 9.84 Å². The molecule has 2 aliphatic heterocycles. The summed E-state index contributed by atoms with van der Waals surface area (Å²) in [6.07, 6.45) is 0.633. The Labute approximate surface area is 106 Å². The van der Waals surface area contributed by atoms with Crippen LogP contribution in [-0.2, 0) is 14.3 Å². The molecule has 18 heavy (non-hydrogen) atoms. The number of carbonyl (C=O) groups excluding carboxylic acids is 1. The number of carboxylic acid groups (broad SMARTS) is 1. The Bertz CT molecular complexity index is 345. The van der Waals surface area contributed by atoms with Crippen LogP contribution in [0.2, 0.25) is 0 Å². The number of amides is 1. The topological polar surface area (TPSA) is 87.1 Å². The molecule has 0 spiro atoms. The lowest BCUT2D eigenvalue weighted by Crippen LogP contribution is -2.45. The summed E-state index contributed by atoms with van der Waals surface area (Å²) in [5.41, 5.74) is 0. The molecule has 0 aromatic rings. The van der Waals surface area contributed by atoms with Crippen molar-refractivity contribution in [2.24, 2.45) is 5.92 Å². The van der Waals surface area contributed by atoms with Crippen molar-refractivity contribution < 1.29 is 24.5 Å². The molecule has 102 valence electrons. The molecule has 0 aromatic heterocycles. The summed E-state index contributed by atoms with van der Waals surface area (Å²) < 4.78 is 5.46. The molecule has 2 unspecified atom stereocenters. The van der Waals surface area contributed by atoms with Crippen LogP contribution >= 0.6 is 0 Å². The van der Waals surface area contributed by atoms with Crippen LogP contribution < -0.4 is 0 Å². The second-order valence-corrected chi connectivity index (χ2v) is 4.95. The number of ether oxygens (including phenoxy) is 1. The molecule has 2 fully saturated rings. The Balaban J connectivity index is 2.10. The number of aliphatic carboxylic acids is 1. The Hall–Kier alpha value is -1.14. The summed E-state index contributed by atoms with van der Waals surface area (Å²) in [4.78, 5) is 24.7. The van der Waals surface area contributed by atoms with Crippen LogP contribution in [0.5, 0.6) is 0 Å².